The van der Waals surface area contributed by atoms with Crippen molar-refractivity contribution in [2.75, 3.05) is 0 Å². The van der Waals surface area contributed by atoms with Gasteiger partial charge in [0.2, 0.25) is 0 Å². The Hall–Kier alpha value is -3.07. The molecule has 0 saturated heterocycles. The Kier molecular flexibility index (Phi) is 2.09. The molecular weight excluding hydrogens is 296 g/mol. The maximum Gasteiger partial charge on any atom is 0.164 e. The Labute approximate surface area is 137 Å². The highest BCUT2D eigenvalue weighted by atomic mass is 16.1. The molecule has 3 nitrogen and oxygen atoms in total. The summed E-state index contributed by atoms with van der Waals surface area (Å²) < 4.78 is 0. The van der Waals surface area contributed by atoms with E-state index < -0.39 is 0 Å². The van der Waals surface area contributed by atoms with Gasteiger partial charge in [-0.15, -0.1) is 0 Å². The number of fused-ring (bicyclic) bond motifs is 10. The summed E-state index contributed by atoms with van der Waals surface area (Å²) >= 11 is 0. The van der Waals surface area contributed by atoms with Gasteiger partial charge in [-0.25, -0.2) is 0 Å². The zero-order chi connectivity index (χ0) is 15.8. The van der Waals surface area contributed by atoms with Crippen molar-refractivity contribution < 1.29 is 4.79 Å². The van der Waals surface area contributed by atoms with Gasteiger partial charge in [-0.2, -0.15) is 0 Å². The van der Waals surface area contributed by atoms with Crippen molar-refractivity contribution in [2.24, 2.45) is 0 Å². The molecule has 1 aliphatic rings. The quantitative estimate of drug-likeness (QED) is 0.411. The molecule has 0 fully saturated rings. The molecule has 0 spiro atoms. The molecule has 0 aliphatic heterocycles. The van der Waals surface area contributed by atoms with Crippen LogP contribution in [0.2, 0.25) is 0 Å². The van der Waals surface area contributed by atoms with E-state index in [1.54, 1.807) is 0 Å². The average molecular weight is 310 g/mol. The number of hydrogen-bond acceptors (Lipinski definition) is 1. The number of ketones is 1. The highest BCUT2D eigenvalue weighted by Crippen LogP contribution is 2.43. The van der Waals surface area contributed by atoms with Crippen molar-refractivity contribution in [1.29, 1.82) is 0 Å². The summed E-state index contributed by atoms with van der Waals surface area (Å²) in [5, 5.41) is 4.64. The van der Waals surface area contributed by atoms with Crippen molar-refractivity contribution in [1.82, 2.24) is 9.97 Å². The van der Waals surface area contributed by atoms with E-state index >= 15 is 0 Å². The molecule has 1 aliphatic carbocycles. The minimum absolute atomic E-state index is 0.270. The minimum Gasteiger partial charge on any atom is -0.353 e. The van der Waals surface area contributed by atoms with Crippen LogP contribution < -0.4 is 0 Å². The third-order valence-corrected chi connectivity index (χ3v) is 5.40. The topological polar surface area (TPSA) is 48.6 Å². The molecule has 6 rings (SSSR count). The van der Waals surface area contributed by atoms with Crippen LogP contribution >= 0.6 is 0 Å². The van der Waals surface area contributed by atoms with Crippen molar-refractivity contribution in [3.05, 3.63) is 59.7 Å². The Morgan fingerprint density at radius 1 is 0.708 bits per heavy atom. The zero-order valence-electron chi connectivity index (χ0n) is 12.9. The first kappa shape index (κ1) is 12.4. The van der Waals surface area contributed by atoms with Crippen LogP contribution in [0.1, 0.15) is 22.3 Å². The van der Waals surface area contributed by atoms with E-state index in [9.17, 15) is 4.79 Å². The lowest BCUT2D eigenvalue weighted by Gasteiger charge is -2.05. The number of carbonyl (C=O) groups is 1. The summed E-state index contributed by atoms with van der Waals surface area (Å²) in [7, 11) is 0. The van der Waals surface area contributed by atoms with E-state index in [-0.39, 0.29) is 5.78 Å². The van der Waals surface area contributed by atoms with Crippen LogP contribution in [-0.4, -0.2) is 15.8 Å². The molecule has 5 aromatic rings. The predicted molar refractivity (Wildman–Crippen MR) is 97.8 cm³/mol. The van der Waals surface area contributed by atoms with E-state index in [1.807, 2.05) is 18.2 Å². The molecule has 0 atom stereocenters. The second-order valence-corrected chi connectivity index (χ2v) is 6.62. The summed E-state index contributed by atoms with van der Waals surface area (Å²) in [6.07, 6.45) is 1.45. The van der Waals surface area contributed by atoms with Gasteiger partial charge in [0.15, 0.2) is 5.78 Å². The van der Waals surface area contributed by atoms with Crippen LogP contribution in [0.5, 0.6) is 0 Å². The van der Waals surface area contributed by atoms with Crippen LogP contribution in [-0.2, 0) is 6.42 Å². The standard InChI is InChI=1S/C21H14N2O/c24-16-10-9-13-17-11-5-1-3-7-14(11)22-20(17)21-19(18(13)16)12-6-2-4-8-15(12)23-21/h1-8,22-23H,9-10H2. The molecule has 114 valence electrons. The summed E-state index contributed by atoms with van der Waals surface area (Å²) in [4.78, 5) is 19.8. The minimum atomic E-state index is 0.270. The second kappa shape index (κ2) is 4.06. The number of H-pyrrole nitrogens is 2. The molecule has 0 saturated carbocycles. The Morgan fingerprint density at radius 3 is 2.00 bits per heavy atom. The molecule has 2 heterocycles. The van der Waals surface area contributed by atoms with E-state index in [2.05, 4.69) is 40.3 Å². The number of para-hydroxylation sites is 2. The normalized spacial score (nSPS) is 14.4. The molecular formula is C21H14N2O. The smallest absolute Gasteiger partial charge is 0.164 e. The Morgan fingerprint density at radius 2 is 1.29 bits per heavy atom. The highest BCUT2D eigenvalue weighted by molar-refractivity contribution is 6.30. The molecule has 2 N–H and O–H groups in total. The van der Waals surface area contributed by atoms with Gasteiger partial charge in [-0.05, 0) is 24.1 Å². The second-order valence-electron chi connectivity index (χ2n) is 6.62. The summed E-state index contributed by atoms with van der Waals surface area (Å²) in [6.45, 7) is 0. The van der Waals surface area contributed by atoms with Gasteiger partial charge in [0.05, 0.1) is 11.0 Å². The molecule has 0 bridgehead atoms. The van der Waals surface area contributed by atoms with E-state index in [4.69, 9.17) is 0 Å². The van der Waals surface area contributed by atoms with E-state index in [0.717, 1.165) is 44.8 Å². The number of carbonyl (C=O) groups excluding carboxylic acids is 1. The van der Waals surface area contributed by atoms with Gasteiger partial charge < -0.3 is 9.97 Å². The molecule has 3 heteroatoms. The number of benzene rings is 3. The van der Waals surface area contributed by atoms with Gasteiger partial charge >= 0.3 is 0 Å². The van der Waals surface area contributed by atoms with Crippen LogP contribution in [0.15, 0.2) is 48.5 Å². The first-order valence-corrected chi connectivity index (χ1v) is 8.32. The summed E-state index contributed by atoms with van der Waals surface area (Å²) in [5.41, 5.74) is 6.53. The zero-order valence-corrected chi connectivity index (χ0v) is 12.9. The Bertz CT molecular complexity index is 1320. The number of nitrogens with one attached hydrogen (secondary N) is 2. The van der Waals surface area contributed by atoms with Crippen LogP contribution in [0.3, 0.4) is 0 Å². The Balaban J connectivity index is 2.01. The average Bonchev–Trinajstić information content (AvgIpc) is 3.27. The fourth-order valence-electron chi connectivity index (χ4n) is 4.43. The SMILES string of the molecule is O=C1CCc2c1c1c3ccccc3[nH]c1c1[nH]c3ccccc3c21. The molecule has 3 aromatic carbocycles. The molecule has 24 heavy (non-hydrogen) atoms. The maximum absolute atomic E-state index is 12.7. The van der Waals surface area contributed by atoms with E-state index in [0.29, 0.717) is 6.42 Å². The fourth-order valence-corrected chi connectivity index (χ4v) is 4.43. The van der Waals surface area contributed by atoms with Crippen molar-refractivity contribution >= 4 is 49.4 Å². The number of hydrogen-bond donors (Lipinski definition) is 2. The first-order chi connectivity index (χ1) is 11.8. The van der Waals surface area contributed by atoms with Crippen LogP contribution in [0, 0.1) is 0 Å². The number of rotatable bonds is 0. The van der Waals surface area contributed by atoms with Gasteiger partial charge in [0.1, 0.15) is 0 Å². The first-order valence-electron chi connectivity index (χ1n) is 8.32. The van der Waals surface area contributed by atoms with Crippen molar-refractivity contribution in [2.45, 2.75) is 12.8 Å². The van der Waals surface area contributed by atoms with Crippen molar-refractivity contribution in [3.63, 3.8) is 0 Å². The highest BCUT2D eigenvalue weighted by Gasteiger charge is 2.29. The summed E-state index contributed by atoms with van der Waals surface area (Å²) in [6, 6.07) is 16.6. The molecule has 0 radical (unpaired) electrons. The number of aromatic amines is 2. The van der Waals surface area contributed by atoms with Crippen LogP contribution in [0.25, 0.3) is 43.6 Å². The maximum atomic E-state index is 12.7. The number of aryl methyl sites for hydroxylation is 1. The molecule has 0 unspecified atom stereocenters. The number of Topliss-reactive ketones (excluding diaryl/α,β-unsaturated/α-hetero) is 1. The molecule has 0 amide bonds. The summed E-state index contributed by atoms with van der Waals surface area (Å²) in [5.74, 6) is 0.270. The predicted octanol–water partition coefficient (Wildman–Crippen LogP) is 5.08. The fraction of sp³-hybridized carbons (Fsp3) is 0.0952. The third-order valence-electron chi connectivity index (χ3n) is 5.40. The number of aromatic nitrogens is 2. The third kappa shape index (κ3) is 1.32. The lowest BCUT2D eigenvalue weighted by molar-refractivity contribution is 0.0996. The van der Waals surface area contributed by atoms with Gasteiger partial charge in [0, 0.05) is 44.6 Å². The van der Waals surface area contributed by atoms with Crippen LogP contribution in [0.4, 0.5) is 0 Å². The lowest BCUT2D eigenvalue weighted by Crippen LogP contribution is -1.93. The lowest BCUT2D eigenvalue weighted by atomic mass is 9.97. The van der Waals surface area contributed by atoms with Crippen molar-refractivity contribution in [3.8, 4) is 0 Å². The van der Waals surface area contributed by atoms with Gasteiger partial charge in [-0.3, -0.25) is 4.79 Å². The van der Waals surface area contributed by atoms with Gasteiger partial charge in [0.25, 0.3) is 0 Å². The van der Waals surface area contributed by atoms with Gasteiger partial charge in [-0.1, -0.05) is 36.4 Å². The largest absolute Gasteiger partial charge is 0.353 e. The van der Waals surface area contributed by atoms with E-state index in [1.165, 1.54) is 16.3 Å². The molecule has 2 aromatic heterocycles. The monoisotopic (exact) mass is 310 g/mol.